The number of hydroxylamine groups is 2. The molecule has 1 heterocycles. The van der Waals surface area contributed by atoms with Crippen LogP contribution in [0.1, 0.15) is 19.8 Å². The summed E-state index contributed by atoms with van der Waals surface area (Å²) in [6.45, 7) is 2.03. The van der Waals surface area contributed by atoms with Gasteiger partial charge < -0.3 is 5.32 Å². The van der Waals surface area contributed by atoms with Gasteiger partial charge >= 0.3 is 0 Å². The molecule has 1 aliphatic rings. The minimum atomic E-state index is 0.497. The van der Waals surface area contributed by atoms with Crippen molar-refractivity contribution in [1.29, 1.82) is 0 Å². The van der Waals surface area contributed by atoms with Gasteiger partial charge in [-0.1, -0.05) is 24.9 Å². The van der Waals surface area contributed by atoms with Gasteiger partial charge in [0, 0.05) is 12.4 Å². The SMILES string of the molecule is CCCC1=C(Cl)NC=CN1O. The molecule has 11 heavy (non-hydrogen) atoms. The van der Waals surface area contributed by atoms with Crippen molar-refractivity contribution in [2.45, 2.75) is 19.8 Å². The summed E-state index contributed by atoms with van der Waals surface area (Å²) in [5, 5.41) is 13.6. The summed E-state index contributed by atoms with van der Waals surface area (Å²) in [6, 6.07) is 0. The minimum Gasteiger partial charge on any atom is -0.349 e. The van der Waals surface area contributed by atoms with Gasteiger partial charge in [-0.05, 0) is 6.42 Å². The first-order chi connectivity index (χ1) is 5.25. The number of halogens is 1. The third-order valence-corrected chi connectivity index (χ3v) is 1.77. The lowest BCUT2D eigenvalue weighted by Crippen LogP contribution is -2.21. The first-order valence-corrected chi connectivity index (χ1v) is 3.93. The summed E-state index contributed by atoms with van der Waals surface area (Å²) in [4.78, 5) is 0. The molecule has 2 N–H and O–H groups in total. The van der Waals surface area contributed by atoms with Gasteiger partial charge in [0.1, 0.15) is 5.16 Å². The molecule has 0 aliphatic carbocycles. The summed E-state index contributed by atoms with van der Waals surface area (Å²) < 4.78 is 0. The highest BCUT2D eigenvalue weighted by Crippen LogP contribution is 2.18. The van der Waals surface area contributed by atoms with Crippen molar-refractivity contribution in [3.05, 3.63) is 23.3 Å². The zero-order chi connectivity index (χ0) is 8.27. The van der Waals surface area contributed by atoms with Gasteiger partial charge in [0.25, 0.3) is 0 Å². The first-order valence-electron chi connectivity index (χ1n) is 3.55. The van der Waals surface area contributed by atoms with Gasteiger partial charge in [0.05, 0.1) is 5.70 Å². The minimum absolute atomic E-state index is 0.497. The van der Waals surface area contributed by atoms with E-state index in [0.717, 1.165) is 23.6 Å². The Bertz CT molecular complexity index is 201. The van der Waals surface area contributed by atoms with Crippen LogP contribution in [0, 0.1) is 0 Å². The molecular formula is C7H11ClN2O. The summed E-state index contributed by atoms with van der Waals surface area (Å²) in [5.74, 6) is 0. The quantitative estimate of drug-likeness (QED) is 0.629. The molecule has 0 saturated carbocycles. The Morgan fingerprint density at radius 2 is 2.45 bits per heavy atom. The van der Waals surface area contributed by atoms with E-state index in [2.05, 4.69) is 5.32 Å². The second-order valence-corrected chi connectivity index (χ2v) is 2.69. The third-order valence-electron chi connectivity index (χ3n) is 1.44. The van der Waals surface area contributed by atoms with Gasteiger partial charge in [-0.3, -0.25) is 5.21 Å². The maximum atomic E-state index is 9.23. The Kier molecular flexibility index (Phi) is 2.79. The number of nitrogens with one attached hydrogen (secondary N) is 1. The van der Waals surface area contributed by atoms with Crippen LogP contribution in [0.15, 0.2) is 23.3 Å². The summed E-state index contributed by atoms with van der Waals surface area (Å²) in [6.07, 6.45) is 4.84. The molecule has 0 spiro atoms. The zero-order valence-electron chi connectivity index (χ0n) is 6.34. The van der Waals surface area contributed by atoms with Gasteiger partial charge in [0.15, 0.2) is 0 Å². The van der Waals surface area contributed by atoms with Crippen LogP contribution in [0.4, 0.5) is 0 Å². The van der Waals surface area contributed by atoms with Crippen molar-refractivity contribution in [1.82, 2.24) is 10.4 Å². The van der Waals surface area contributed by atoms with Crippen LogP contribution in [-0.2, 0) is 0 Å². The zero-order valence-corrected chi connectivity index (χ0v) is 7.10. The molecule has 62 valence electrons. The number of rotatable bonds is 2. The fraction of sp³-hybridized carbons (Fsp3) is 0.429. The Balaban J connectivity index is 2.69. The van der Waals surface area contributed by atoms with Gasteiger partial charge in [0.2, 0.25) is 0 Å². The van der Waals surface area contributed by atoms with Crippen molar-refractivity contribution >= 4 is 11.6 Å². The number of hydrogen-bond donors (Lipinski definition) is 2. The summed E-state index contributed by atoms with van der Waals surface area (Å²) >= 11 is 5.77. The van der Waals surface area contributed by atoms with E-state index < -0.39 is 0 Å². The molecule has 0 atom stereocenters. The molecule has 0 saturated heterocycles. The molecule has 0 radical (unpaired) electrons. The largest absolute Gasteiger partial charge is 0.349 e. The van der Waals surface area contributed by atoms with E-state index in [9.17, 15) is 5.21 Å². The number of allylic oxidation sites excluding steroid dienone is 1. The third kappa shape index (κ3) is 1.88. The normalized spacial score (nSPS) is 17.2. The average molecular weight is 175 g/mol. The lowest BCUT2D eigenvalue weighted by Gasteiger charge is -2.21. The standard InChI is InChI=1S/C7H11ClN2O/c1-2-3-6-7(8)9-4-5-10(6)11/h4-5,9,11H,2-3H2,1H3. The summed E-state index contributed by atoms with van der Waals surface area (Å²) in [7, 11) is 0. The average Bonchev–Trinajstić information content (AvgIpc) is 1.97. The van der Waals surface area contributed by atoms with Crippen LogP contribution < -0.4 is 5.32 Å². The van der Waals surface area contributed by atoms with Crippen molar-refractivity contribution in [3.8, 4) is 0 Å². The van der Waals surface area contributed by atoms with E-state index in [0.29, 0.717) is 5.16 Å². The highest BCUT2D eigenvalue weighted by molar-refractivity contribution is 6.29. The smallest absolute Gasteiger partial charge is 0.128 e. The Hall–Kier alpha value is -0.670. The predicted molar refractivity (Wildman–Crippen MR) is 43.7 cm³/mol. The molecule has 0 aromatic heterocycles. The molecule has 0 unspecified atom stereocenters. The van der Waals surface area contributed by atoms with Crippen LogP contribution in [0.25, 0.3) is 0 Å². The lowest BCUT2D eigenvalue weighted by atomic mass is 10.2. The number of nitrogens with zero attached hydrogens (tertiary/aromatic N) is 1. The molecule has 1 rings (SSSR count). The fourth-order valence-electron chi connectivity index (χ4n) is 0.916. The van der Waals surface area contributed by atoms with E-state index in [-0.39, 0.29) is 0 Å². The molecule has 0 bridgehead atoms. The van der Waals surface area contributed by atoms with Crippen LogP contribution in [0.2, 0.25) is 0 Å². The molecule has 1 aliphatic heterocycles. The molecule has 3 nitrogen and oxygen atoms in total. The van der Waals surface area contributed by atoms with Crippen molar-refractivity contribution in [2.75, 3.05) is 0 Å². The van der Waals surface area contributed by atoms with E-state index in [1.807, 2.05) is 6.92 Å². The number of hydrogen-bond acceptors (Lipinski definition) is 3. The molecular weight excluding hydrogens is 164 g/mol. The topological polar surface area (TPSA) is 35.5 Å². The van der Waals surface area contributed by atoms with E-state index >= 15 is 0 Å². The van der Waals surface area contributed by atoms with Gasteiger partial charge in [-0.25, -0.2) is 5.06 Å². The second kappa shape index (κ2) is 3.64. The van der Waals surface area contributed by atoms with E-state index in [1.54, 1.807) is 6.20 Å². The van der Waals surface area contributed by atoms with E-state index in [4.69, 9.17) is 11.6 Å². The Labute approximate surface area is 70.9 Å². The van der Waals surface area contributed by atoms with Crippen molar-refractivity contribution < 1.29 is 5.21 Å². The van der Waals surface area contributed by atoms with Gasteiger partial charge in [-0.15, -0.1) is 0 Å². The maximum Gasteiger partial charge on any atom is 0.128 e. The predicted octanol–water partition coefficient (Wildman–Crippen LogP) is 1.96. The molecule has 0 aromatic carbocycles. The molecule has 0 aromatic rings. The van der Waals surface area contributed by atoms with Crippen molar-refractivity contribution in [3.63, 3.8) is 0 Å². The van der Waals surface area contributed by atoms with Crippen LogP contribution >= 0.6 is 11.6 Å². The van der Waals surface area contributed by atoms with Crippen LogP contribution in [0.3, 0.4) is 0 Å². The fourth-order valence-corrected chi connectivity index (χ4v) is 1.16. The van der Waals surface area contributed by atoms with E-state index in [1.165, 1.54) is 6.20 Å². The lowest BCUT2D eigenvalue weighted by molar-refractivity contribution is -0.0109. The van der Waals surface area contributed by atoms with Crippen LogP contribution in [0.5, 0.6) is 0 Å². The maximum absolute atomic E-state index is 9.23. The van der Waals surface area contributed by atoms with Gasteiger partial charge in [-0.2, -0.15) is 0 Å². The van der Waals surface area contributed by atoms with Crippen molar-refractivity contribution in [2.24, 2.45) is 0 Å². The highest BCUT2D eigenvalue weighted by atomic mass is 35.5. The molecule has 0 amide bonds. The second-order valence-electron chi connectivity index (χ2n) is 2.32. The monoisotopic (exact) mass is 174 g/mol. The van der Waals surface area contributed by atoms with Crippen LogP contribution in [-0.4, -0.2) is 10.3 Å². The Morgan fingerprint density at radius 3 is 3.00 bits per heavy atom. The summed E-state index contributed by atoms with van der Waals surface area (Å²) in [5.41, 5.74) is 0.719. The first kappa shape index (κ1) is 8.43. The molecule has 0 fully saturated rings. The Morgan fingerprint density at radius 1 is 1.73 bits per heavy atom. The highest BCUT2D eigenvalue weighted by Gasteiger charge is 2.11. The molecule has 4 heteroatoms.